The number of H-pyrrole nitrogens is 1. The zero-order valence-electron chi connectivity index (χ0n) is 24.4. The minimum Gasteiger partial charge on any atom is -0.391 e. The highest BCUT2D eigenvalue weighted by atomic mass is 19.1. The molecule has 4 rings (SSSR count). The van der Waals surface area contributed by atoms with E-state index in [0.29, 0.717) is 24.3 Å². The summed E-state index contributed by atoms with van der Waals surface area (Å²) in [7, 11) is 0. The van der Waals surface area contributed by atoms with Crippen molar-refractivity contribution in [3.63, 3.8) is 0 Å². The third kappa shape index (κ3) is 5.76. The molecule has 1 aliphatic carbocycles. The van der Waals surface area contributed by atoms with Crippen molar-refractivity contribution >= 4 is 28.8 Å². The maximum Gasteiger partial charge on any atom is 0.237 e. The predicted octanol–water partition coefficient (Wildman–Crippen LogP) is 4.42. The van der Waals surface area contributed by atoms with E-state index in [9.17, 15) is 19.1 Å². The summed E-state index contributed by atoms with van der Waals surface area (Å²) in [5.74, 6) is -0.978. The normalized spacial score (nSPS) is 26.4. The van der Waals surface area contributed by atoms with Gasteiger partial charge in [-0.3, -0.25) is 9.59 Å². The van der Waals surface area contributed by atoms with Crippen LogP contribution in [0.2, 0.25) is 0 Å². The number of rotatable bonds is 9. The van der Waals surface area contributed by atoms with Gasteiger partial charge < -0.3 is 26.0 Å². The first-order chi connectivity index (χ1) is 19.0. The molecule has 1 aliphatic heterocycles. The number of carbonyl (C=O) groups is 2. The fourth-order valence-corrected chi connectivity index (χ4v) is 6.46. The Morgan fingerprint density at radius 2 is 2.02 bits per heavy atom. The Bertz CT molecular complexity index is 1280. The van der Waals surface area contributed by atoms with E-state index in [1.54, 1.807) is 12.3 Å². The van der Waals surface area contributed by atoms with Crippen LogP contribution < -0.4 is 11.1 Å². The fourth-order valence-electron chi connectivity index (χ4n) is 6.46. The Morgan fingerprint density at radius 1 is 1.32 bits per heavy atom. The predicted molar refractivity (Wildman–Crippen MR) is 158 cm³/mol. The summed E-state index contributed by atoms with van der Waals surface area (Å²) in [6, 6.07) is 2.75. The third-order valence-electron chi connectivity index (χ3n) is 8.43. The van der Waals surface area contributed by atoms with Gasteiger partial charge in [0, 0.05) is 53.2 Å². The number of fused-ring (bicyclic) bond motifs is 2. The summed E-state index contributed by atoms with van der Waals surface area (Å²) in [5, 5.41) is 14.1. The van der Waals surface area contributed by atoms with Crippen LogP contribution in [0.3, 0.4) is 0 Å². The largest absolute Gasteiger partial charge is 0.391 e. The van der Waals surface area contributed by atoms with Crippen LogP contribution >= 0.6 is 0 Å². The Labute approximate surface area is 236 Å². The number of aromatic amines is 1. The maximum absolute atomic E-state index is 14.1. The number of hydrogen-bond acceptors (Lipinski definition) is 6. The molecule has 2 aliphatic rings. The lowest BCUT2D eigenvalue weighted by Gasteiger charge is -2.38. The Hall–Kier alpha value is -3.30. The molecule has 1 amide bonds. The van der Waals surface area contributed by atoms with Crippen LogP contribution in [0.5, 0.6) is 0 Å². The average Bonchev–Trinajstić information content (AvgIpc) is 3.57. The summed E-state index contributed by atoms with van der Waals surface area (Å²) < 4.78 is 13.9. The van der Waals surface area contributed by atoms with E-state index in [1.165, 1.54) is 26.0 Å². The van der Waals surface area contributed by atoms with Crippen molar-refractivity contribution in [2.24, 2.45) is 22.1 Å². The summed E-state index contributed by atoms with van der Waals surface area (Å²) in [5.41, 5.74) is 6.85. The second-order valence-electron chi connectivity index (χ2n) is 10.8. The van der Waals surface area contributed by atoms with Gasteiger partial charge in [0.25, 0.3) is 0 Å². The number of amides is 1. The number of benzene rings is 1. The number of halogens is 1. The van der Waals surface area contributed by atoms with Gasteiger partial charge in [0.2, 0.25) is 5.91 Å². The summed E-state index contributed by atoms with van der Waals surface area (Å²) in [4.78, 5) is 36.3. The molecule has 2 heterocycles. The number of aromatic nitrogens is 1. The zero-order valence-corrected chi connectivity index (χ0v) is 24.4. The molecule has 0 bridgehead atoms. The Kier molecular flexibility index (Phi) is 10.1. The van der Waals surface area contributed by atoms with Crippen LogP contribution in [0, 0.1) is 17.2 Å². The van der Waals surface area contributed by atoms with Crippen molar-refractivity contribution in [1.82, 2.24) is 15.2 Å². The van der Waals surface area contributed by atoms with Gasteiger partial charge in [0.05, 0.1) is 12.1 Å². The summed E-state index contributed by atoms with van der Waals surface area (Å²) >= 11 is 0. The second-order valence-corrected chi connectivity index (χ2v) is 10.8. The van der Waals surface area contributed by atoms with Crippen molar-refractivity contribution in [2.75, 3.05) is 6.54 Å². The standard InChI is InChI=1S/C29H38FN5O3.C2H6/c1-6-7-12-32-18(4)35-15-23(21-14-33-24-13-19(30)8-9-20(21)24)29(5)22(10-11-25(29)35)27(37)26(17(3)36)34-28(38)16(2)31;1-2/h6-9,12-14,16-17,22-23,25-26,33,36H,4,10-11,15,31H2,1-3,5H3,(H,34,38);1-2H3/b7-6-,32-12-;/t16-,17?,22?,23+,25?,26?,29+;/m0./s1. The highest BCUT2D eigenvalue weighted by Crippen LogP contribution is 2.60. The number of hydrogen-bond donors (Lipinski definition) is 4. The SMILES string of the molecule is C=C(/N=C\C=C/C)N1C[C@H](c2c[nH]c3cc(F)ccc23)[C@@]2(C)C(C(=O)C(NC(=O)[C@H](C)N)C(C)O)CCC12.CC. The monoisotopic (exact) mass is 553 g/mol. The summed E-state index contributed by atoms with van der Waals surface area (Å²) in [6.07, 6.45) is 7.55. The van der Waals surface area contributed by atoms with Crippen molar-refractivity contribution in [1.29, 1.82) is 0 Å². The number of nitrogens with two attached hydrogens (primary N) is 1. The molecule has 218 valence electrons. The molecule has 4 unspecified atom stereocenters. The van der Waals surface area contributed by atoms with E-state index in [2.05, 4.69) is 33.7 Å². The van der Waals surface area contributed by atoms with E-state index in [1.807, 2.05) is 39.1 Å². The molecule has 8 nitrogen and oxygen atoms in total. The molecular weight excluding hydrogens is 509 g/mol. The molecule has 2 fully saturated rings. The van der Waals surface area contributed by atoms with Gasteiger partial charge >= 0.3 is 0 Å². The first-order valence-corrected chi connectivity index (χ1v) is 14.2. The van der Waals surface area contributed by atoms with Crippen molar-refractivity contribution in [2.45, 2.75) is 84.5 Å². The highest BCUT2D eigenvalue weighted by molar-refractivity contribution is 5.93. The number of ketones is 1. The number of nitrogens with zero attached hydrogens (tertiary/aromatic N) is 2. The topological polar surface area (TPSA) is 124 Å². The zero-order chi connectivity index (χ0) is 29.8. The van der Waals surface area contributed by atoms with Gasteiger partial charge in [-0.15, -0.1) is 0 Å². The second kappa shape index (κ2) is 12.9. The molecule has 1 aromatic heterocycles. The number of aliphatic hydroxyl groups is 1. The van der Waals surface area contributed by atoms with E-state index in [0.717, 1.165) is 17.4 Å². The van der Waals surface area contributed by atoms with Crippen LogP contribution in [0.1, 0.15) is 65.9 Å². The van der Waals surface area contributed by atoms with Gasteiger partial charge in [-0.25, -0.2) is 9.38 Å². The van der Waals surface area contributed by atoms with Crippen LogP contribution in [0.15, 0.2) is 53.9 Å². The molecule has 1 saturated carbocycles. The third-order valence-corrected chi connectivity index (χ3v) is 8.43. The minimum absolute atomic E-state index is 0.0408. The minimum atomic E-state index is -1.08. The molecule has 2 aromatic rings. The number of nitrogens with one attached hydrogen (secondary N) is 2. The highest BCUT2D eigenvalue weighted by Gasteiger charge is 2.62. The number of aliphatic hydroxyl groups excluding tert-OH is 1. The van der Waals surface area contributed by atoms with E-state index in [4.69, 9.17) is 5.73 Å². The Balaban J connectivity index is 0.00000216. The van der Waals surface area contributed by atoms with Crippen molar-refractivity contribution < 1.29 is 19.1 Å². The molecule has 0 radical (unpaired) electrons. The smallest absolute Gasteiger partial charge is 0.237 e. The molecule has 7 atom stereocenters. The first kappa shape index (κ1) is 31.2. The maximum atomic E-state index is 14.1. The molecule has 5 N–H and O–H groups in total. The van der Waals surface area contributed by atoms with Crippen molar-refractivity contribution in [3.05, 3.63) is 60.3 Å². The van der Waals surface area contributed by atoms with E-state index in [-0.39, 0.29) is 23.6 Å². The lowest BCUT2D eigenvalue weighted by atomic mass is 9.65. The molecular formula is C31H44FN5O3. The van der Waals surface area contributed by atoms with E-state index >= 15 is 0 Å². The van der Waals surface area contributed by atoms with Crippen LogP contribution in [-0.2, 0) is 9.59 Å². The van der Waals surface area contributed by atoms with Crippen LogP contribution in [0.25, 0.3) is 10.9 Å². The fraction of sp³-hybridized carbons (Fsp3) is 0.516. The number of aliphatic imine (C=N–C) groups is 1. The summed E-state index contributed by atoms with van der Waals surface area (Å²) in [6.45, 7) is 15.9. The van der Waals surface area contributed by atoms with Gasteiger partial charge in [0.1, 0.15) is 17.7 Å². The van der Waals surface area contributed by atoms with Gasteiger partial charge in [-0.1, -0.05) is 33.4 Å². The molecule has 40 heavy (non-hydrogen) atoms. The molecule has 0 spiro atoms. The van der Waals surface area contributed by atoms with E-state index < -0.39 is 35.4 Å². The lowest BCUT2D eigenvalue weighted by Crippen LogP contribution is -2.55. The van der Waals surface area contributed by atoms with Gasteiger partial charge in [0.15, 0.2) is 5.78 Å². The lowest BCUT2D eigenvalue weighted by molar-refractivity contribution is -0.135. The number of allylic oxidation sites excluding steroid dienone is 2. The number of carbonyl (C=O) groups excluding carboxylic acids is 2. The quantitative estimate of drug-likeness (QED) is 0.342. The molecule has 1 saturated heterocycles. The first-order valence-electron chi connectivity index (χ1n) is 14.2. The van der Waals surface area contributed by atoms with Crippen LogP contribution in [0.4, 0.5) is 4.39 Å². The van der Waals surface area contributed by atoms with Gasteiger partial charge in [-0.05, 0) is 63.5 Å². The molecule has 9 heteroatoms. The van der Waals surface area contributed by atoms with Gasteiger partial charge in [-0.2, -0.15) is 0 Å². The van der Waals surface area contributed by atoms with Crippen LogP contribution in [-0.4, -0.2) is 63.7 Å². The van der Waals surface area contributed by atoms with Crippen molar-refractivity contribution in [3.8, 4) is 0 Å². The Morgan fingerprint density at radius 3 is 2.65 bits per heavy atom. The number of likely N-dealkylation sites (tertiary alicyclic amines) is 1. The number of Topliss-reactive ketones (excluding diaryl/α,β-unsaturated/α-hetero) is 1. The molecule has 1 aromatic carbocycles. The average molecular weight is 554 g/mol.